The molecule has 0 bridgehead atoms. The Morgan fingerprint density at radius 2 is 0.750 bits per heavy atom. The van der Waals surface area contributed by atoms with Crippen LogP contribution >= 0.6 is 22.7 Å². The van der Waals surface area contributed by atoms with Crippen molar-refractivity contribution >= 4 is 63.0 Å². The van der Waals surface area contributed by atoms with Gasteiger partial charge in [0, 0.05) is 57.0 Å². The predicted molar refractivity (Wildman–Crippen MR) is 240 cm³/mol. The third-order valence-corrected chi connectivity index (χ3v) is 13.2. The van der Waals surface area contributed by atoms with E-state index in [4.69, 9.17) is 9.97 Å². The second-order valence-electron chi connectivity index (χ2n) is 14.1. The highest BCUT2D eigenvalue weighted by atomic mass is 32.1. The Balaban J connectivity index is 1.19. The SMILES string of the molecule is c1ccc(-c2cccc(-c3cc(-c4ccccc4)ccc3-c3nc(-c4cccc5c4sc4ccccc45)cc(-c4cccc5c4sc4ccccc45)n3)c2)cc1. The van der Waals surface area contributed by atoms with Crippen LogP contribution in [0.4, 0.5) is 0 Å². The van der Waals surface area contributed by atoms with Crippen LogP contribution in [0.5, 0.6) is 0 Å². The first-order valence-electron chi connectivity index (χ1n) is 18.8. The zero-order chi connectivity index (χ0) is 37.0. The largest absolute Gasteiger partial charge is 0.228 e. The molecule has 11 rings (SSSR count). The highest BCUT2D eigenvalue weighted by Crippen LogP contribution is 2.44. The van der Waals surface area contributed by atoms with E-state index in [0.717, 1.165) is 44.8 Å². The van der Waals surface area contributed by atoms with Gasteiger partial charge < -0.3 is 0 Å². The molecule has 0 N–H and O–H groups in total. The Morgan fingerprint density at radius 1 is 0.286 bits per heavy atom. The van der Waals surface area contributed by atoms with Gasteiger partial charge in [-0.2, -0.15) is 0 Å². The molecule has 8 aromatic carbocycles. The lowest BCUT2D eigenvalue weighted by molar-refractivity contribution is 1.19. The summed E-state index contributed by atoms with van der Waals surface area (Å²) in [7, 11) is 0. The molecule has 0 spiro atoms. The summed E-state index contributed by atoms with van der Waals surface area (Å²) in [4.78, 5) is 11.0. The summed E-state index contributed by atoms with van der Waals surface area (Å²) < 4.78 is 5.02. The molecule has 0 unspecified atom stereocenters. The van der Waals surface area contributed by atoms with Gasteiger partial charge >= 0.3 is 0 Å². The van der Waals surface area contributed by atoms with Crippen molar-refractivity contribution in [2.24, 2.45) is 0 Å². The molecule has 0 aliphatic rings. The monoisotopic (exact) mass is 748 g/mol. The number of hydrogen-bond acceptors (Lipinski definition) is 4. The summed E-state index contributed by atoms with van der Waals surface area (Å²) in [5, 5.41) is 5.05. The quantitative estimate of drug-likeness (QED) is 0.169. The number of rotatable bonds is 6. The van der Waals surface area contributed by atoms with Gasteiger partial charge in [0.15, 0.2) is 5.82 Å². The molecular weight excluding hydrogens is 717 g/mol. The number of aromatic nitrogens is 2. The Bertz CT molecular complexity index is 3120. The molecule has 0 fully saturated rings. The second-order valence-corrected chi connectivity index (χ2v) is 16.2. The van der Waals surface area contributed by atoms with Crippen molar-refractivity contribution in [3.05, 3.63) is 194 Å². The molecule has 0 atom stereocenters. The van der Waals surface area contributed by atoms with Crippen molar-refractivity contribution in [3.63, 3.8) is 0 Å². The van der Waals surface area contributed by atoms with Gasteiger partial charge in [-0.15, -0.1) is 22.7 Å². The fourth-order valence-corrected chi connectivity index (χ4v) is 10.5. The van der Waals surface area contributed by atoms with E-state index in [0.29, 0.717) is 5.82 Å². The summed E-state index contributed by atoms with van der Waals surface area (Å²) >= 11 is 3.67. The second kappa shape index (κ2) is 13.5. The van der Waals surface area contributed by atoms with Crippen LogP contribution in [0.2, 0.25) is 0 Å². The predicted octanol–water partition coefficient (Wildman–Crippen LogP) is 15.2. The lowest BCUT2D eigenvalue weighted by Crippen LogP contribution is -1.98. The van der Waals surface area contributed by atoms with E-state index in [1.807, 2.05) is 22.7 Å². The maximum atomic E-state index is 5.51. The molecule has 3 aromatic heterocycles. The number of benzene rings is 8. The molecule has 2 nitrogen and oxygen atoms in total. The number of nitrogens with zero attached hydrogens (tertiary/aromatic N) is 2. The van der Waals surface area contributed by atoms with Crippen molar-refractivity contribution in [2.75, 3.05) is 0 Å². The standard InChI is InChI=1S/C52H32N2S2/c1-3-14-33(15-4-1)35-18-11-19-37(30-35)45-31-36(34-16-5-2-6-17-34)28-29-42(45)52-53-46(43-24-12-22-40-38-20-7-9-26-48(38)55-50(40)43)32-47(54-52)44-25-13-23-41-39-21-8-10-27-49(39)56-51(41)44/h1-32H. The van der Waals surface area contributed by atoms with Crippen molar-refractivity contribution in [2.45, 2.75) is 0 Å². The van der Waals surface area contributed by atoms with Crippen LogP contribution in [0, 0.1) is 0 Å². The van der Waals surface area contributed by atoms with Crippen molar-refractivity contribution in [1.82, 2.24) is 9.97 Å². The molecule has 11 aromatic rings. The van der Waals surface area contributed by atoms with Gasteiger partial charge in [-0.05, 0) is 69.8 Å². The molecule has 262 valence electrons. The normalized spacial score (nSPS) is 11.6. The van der Waals surface area contributed by atoms with Crippen LogP contribution in [0.3, 0.4) is 0 Å². The molecule has 56 heavy (non-hydrogen) atoms. The van der Waals surface area contributed by atoms with E-state index in [9.17, 15) is 0 Å². The highest BCUT2D eigenvalue weighted by Gasteiger charge is 2.20. The van der Waals surface area contributed by atoms with Crippen LogP contribution in [-0.4, -0.2) is 9.97 Å². The van der Waals surface area contributed by atoms with Gasteiger partial charge in [0.1, 0.15) is 0 Å². The molecule has 0 aliphatic heterocycles. The van der Waals surface area contributed by atoms with E-state index in [1.54, 1.807) is 0 Å². The molecule has 0 saturated heterocycles. The van der Waals surface area contributed by atoms with Crippen LogP contribution in [0.25, 0.3) is 108 Å². The highest BCUT2D eigenvalue weighted by molar-refractivity contribution is 7.26. The van der Waals surface area contributed by atoms with Gasteiger partial charge in [-0.1, -0.05) is 158 Å². The van der Waals surface area contributed by atoms with Crippen LogP contribution in [-0.2, 0) is 0 Å². The van der Waals surface area contributed by atoms with E-state index < -0.39 is 0 Å². The Labute approximate surface area is 332 Å². The van der Waals surface area contributed by atoms with Crippen molar-refractivity contribution in [1.29, 1.82) is 0 Å². The van der Waals surface area contributed by atoms with Gasteiger partial charge in [-0.25, -0.2) is 9.97 Å². The summed E-state index contributed by atoms with van der Waals surface area (Å²) in [6, 6.07) is 69.6. The van der Waals surface area contributed by atoms with E-state index in [-0.39, 0.29) is 0 Å². The third-order valence-electron chi connectivity index (χ3n) is 10.7. The summed E-state index contributed by atoms with van der Waals surface area (Å²) in [6.07, 6.45) is 0. The number of thiophene rings is 2. The van der Waals surface area contributed by atoms with Gasteiger partial charge in [0.05, 0.1) is 11.4 Å². The maximum Gasteiger partial charge on any atom is 0.161 e. The van der Waals surface area contributed by atoms with Crippen LogP contribution in [0.1, 0.15) is 0 Å². The zero-order valence-corrected chi connectivity index (χ0v) is 31.8. The average molecular weight is 749 g/mol. The Kier molecular flexibility index (Phi) is 7.90. The molecule has 0 saturated carbocycles. The summed E-state index contributed by atoms with van der Waals surface area (Å²) in [5.41, 5.74) is 11.9. The van der Waals surface area contributed by atoms with Gasteiger partial charge in [0.2, 0.25) is 0 Å². The molecule has 4 heteroatoms. The topological polar surface area (TPSA) is 25.8 Å². The van der Waals surface area contributed by atoms with Gasteiger partial charge in [-0.3, -0.25) is 0 Å². The molecule has 0 radical (unpaired) electrons. The molecule has 0 aliphatic carbocycles. The lowest BCUT2D eigenvalue weighted by atomic mass is 9.92. The third kappa shape index (κ3) is 5.62. The first-order valence-corrected chi connectivity index (χ1v) is 20.4. The minimum atomic E-state index is 0.702. The lowest BCUT2D eigenvalue weighted by Gasteiger charge is -2.16. The van der Waals surface area contributed by atoms with Crippen LogP contribution < -0.4 is 0 Å². The fourth-order valence-electron chi connectivity index (χ4n) is 8.03. The van der Waals surface area contributed by atoms with Crippen molar-refractivity contribution in [3.8, 4) is 67.3 Å². The average Bonchev–Trinajstić information content (AvgIpc) is 3.86. The summed E-state index contributed by atoms with van der Waals surface area (Å²) in [6.45, 7) is 0. The smallest absolute Gasteiger partial charge is 0.161 e. The first kappa shape index (κ1) is 32.7. The minimum Gasteiger partial charge on any atom is -0.228 e. The minimum absolute atomic E-state index is 0.702. The first-order chi connectivity index (χ1) is 27.7. The summed E-state index contributed by atoms with van der Waals surface area (Å²) in [5.74, 6) is 0.702. The maximum absolute atomic E-state index is 5.51. The number of fused-ring (bicyclic) bond motifs is 6. The molecule has 0 amide bonds. The van der Waals surface area contributed by atoms with Crippen molar-refractivity contribution < 1.29 is 0 Å². The van der Waals surface area contributed by atoms with E-state index >= 15 is 0 Å². The molecular formula is C52H32N2S2. The van der Waals surface area contributed by atoms with Crippen LogP contribution in [0.15, 0.2) is 194 Å². The zero-order valence-electron chi connectivity index (χ0n) is 30.2. The number of hydrogen-bond donors (Lipinski definition) is 0. The Hall–Kier alpha value is -6.72. The molecule has 3 heterocycles. The fraction of sp³-hybridized carbons (Fsp3) is 0. The van der Waals surface area contributed by atoms with E-state index in [2.05, 4.69) is 194 Å². The van der Waals surface area contributed by atoms with Gasteiger partial charge in [0.25, 0.3) is 0 Å². The van der Waals surface area contributed by atoms with E-state index in [1.165, 1.54) is 57.0 Å². The Morgan fingerprint density at radius 3 is 1.34 bits per heavy atom.